The number of benzene rings is 1. The second-order valence-corrected chi connectivity index (χ2v) is 8.96. The van der Waals surface area contributed by atoms with E-state index in [0.717, 1.165) is 43.1 Å². The van der Waals surface area contributed by atoms with Gasteiger partial charge >= 0.3 is 0 Å². The minimum atomic E-state index is -3.42. The maximum absolute atomic E-state index is 14.2. The van der Waals surface area contributed by atoms with Crippen LogP contribution in [0.2, 0.25) is 0 Å². The standard InChI is InChI=1S/C15H18FN3O2S2/c1-23(20,21)13-2-3-15(14(16)8-13)19-10-12(9-18-19)22-11-4-6-17-7-5-11/h2-3,8-11,17H,4-7H2,1H3. The lowest BCUT2D eigenvalue weighted by Crippen LogP contribution is -2.29. The highest BCUT2D eigenvalue weighted by Gasteiger charge is 2.16. The summed E-state index contributed by atoms with van der Waals surface area (Å²) >= 11 is 1.75. The normalized spacial score (nSPS) is 16.6. The minimum absolute atomic E-state index is 0.0322. The summed E-state index contributed by atoms with van der Waals surface area (Å²) in [7, 11) is -3.42. The second kappa shape index (κ2) is 6.62. The first-order valence-electron chi connectivity index (χ1n) is 7.35. The first-order chi connectivity index (χ1) is 10.9. The Hall–Kier alpha value is -1.38. The highest BCUT2D eigenvalue weighted by molar-refractivity contribution is 8.00. The van der Waals surface area contributed by atoms with Crippen molar-refractivity contribution < 1.29 is 12.8 Å². The second-order valence-electron chi connectivity index (χ2n) is 5.57. The molecule has 0 saturated carbocycles. The molecule has 1 saturated heterocycles. The topological polar surface area (TPSA) is 64.0 Å². The van der Waals surface area contributed by atoms with Gasteiger partial charge in [-0.15, -0.1) is 11.8 Å². The van der Waals surface area contributed by atoms with Gasteiger partial charge in [0.05, 0.1) is 11.1 Å². The van der Waals surface area contributed by atoms with Crippen LogP contribution < -0.4 is 5.32 Å². The van der Waals surface area contributed by atoms with Gasteiger partial charge in [0, 0.05) is 22.6 Å². The van der Waals surface area contributed by atoms with E-state index in [2.05, 4.69) is 10.4 Å². The van der Waals surface area contributed by atoms with Crippen molar-refractivity contribution in [3.63, 3.8) is 0 Å². The third-order valence-corrected chi connectivity index (χ3v) is 6.14. The first-order valence-corrected chi connectivity index (χ1v) is 10.1. The van der Waals surface area contributed by atoms with E-state index in [1.54, 1.807) is 24.2 Å². The van der Waals surface area contributed by atoms with Crippen LogP contribution in [0.1, 0.15) is 12.8 Å². The number of sulfone groups is 1. The molecule has 0 radical (unpaired) electrons. The number of thioether (sulfide) groups is 1. The van der Waals surface area contributed by atoms with Crippen LogP contribution in [0.4, 0.5) is 4.39 Å². The molecule has 1 aliphatic rings. The Morgan fingerprint density at radius 1 is 1.35 bits per heavy atom. The highest BCUT2D eigenvalue weighted by Crippen LogP contribution is 2.29. The monoisotopic (exact) mass is 355 g/mol. The average Bonchev–Trinajstić information content (AvgIpc) is 2.95. The number of hydrogen-bond acceptors (Lipinski definition) is 5. The number of halogens is 1. The van der Waals surface area contributed by atoms with E-state index in [0.29, 0.717) is 5.25 Å². The largest absolute Gasteiger partial charge is 0.317 e. The lowest BCUT2D eigenvalue weighted by molar-refractivity contribution is 0.531. The van der Waals surface area contributed by atoms with Crippen molar-refractivity contribution in [2.24, 2.45) is 0 Å². The number of aromatic nitrogens is 2. The van der Waals surface area contributed by atoms with E-state index >= 15 is 0 Å². The molecular weight excluding hydrogens is 337 g/mol. The zero-order valence-electron chi connectivity index (χ0n) is 12.7. The molecule has 0 spiro atoms. The Labute approximate surface area is 139 Å². The average molecular weight is 355 g/mol. The van der Waals surface area contributed by atoms with E-state index in [9.17, 15) is 12.8 Å². The van der Waals surface area contributed by atoms with Crippen LogP contribution in [0.15, 0.2) is 40.4 Å². The van der Waals surface area contributed by atoms with Crippen LogP contribution in [-0.4, -0.2) is 42.8 Å². The Balaban J connectivity index is 1.80. The molecule has 1 fully saturated rings. The van der Waals surface area contributed by atoms with Gasteiger partial charge in [-0.2, -0.15) is 5.10 Å². The molecule has 1 aromatic heterocycles. The van der Waals surface area contributed by atoms with Gasteiger partial charge in [-0.1, -0.05) is 0 Å². The molecule has 0 bridgehead atoms. The molecule has 2 aromatic rings. The summed E-state index contributed by atoms with van der Waals surface area (Å²) in [6, 6.07) is 3.87. The van der Waals surface area contributed by atoms with Crippen molar-refractivity contribution in [1.29, 1.82) is 0 Å². The van der Waals surface area contributed by atoms with Crippen LogP contribution in [0, 0.1) is 5.82 Å². The summed E-state index contributed by atoms with van der Waals surface area (Å²) in [5, 5.41) is 8.07. The summed E-state index contributed by atoms with van der Waals surface area (Å²) in [5.74, 6) is -0.602. The van der Waals surface area contributed by atoms with Gasteiger partial charge in [0.25, 0.3) is 0 Å². The van der Waals surface area contributed by atoms with E-state index in [-0.39, 0.29) is 10.6 Å². The number of nitrogens with zero attached hydrogens (tertiary/aromatic N) is 2. The predicted octanol–water partition coefficient (Wildman–Crippen LogP) is 2.26. The number of nitrogens with one attached hydrogen (secondary N) is 1. The number of hydrogen-bond donors (Lipinski definition) is 1. The van der Waals surface area contributed by atoms with E-state index in [1.807, 2.05) is 0 Å². The van der Waals surface area contributed by atoms with Crippen LogP contribution >= 0.6 is 11.8 Å². The quantitative estimate of drug-likeness (QED) is 0.911. The molecule has 124 valence electrons. The lowest BCUT2D eigenvalue weighted by Gasteiger charge is -2.21. The van der Waals surface area contributed by atoms with Crippen molar-refractivity contribution in [2.45, 2.75) is 27.9 Å². The maximum atomic E-state index is 14.2. The van der Waals surface area contributed by atoms with E-state index < -0.39 is 15.7 Å². The number of rotatable bonds is 4. The zero-order valence-corrected chi connectivity index (χ0v) is 14.3. The highest BCUT2D eigenvalue weighted by atomic mass is 32.2. The number of piperidine rings is 1. The van der Waals surface area contributed by atoms with Crippen molar-refractivity contribution in [1.82, 2.24) is 15.1 Å². The van der Waals surface area contributed by atoms with Crippen molar-refractivity contribution in [2.75, 3.05) is 19.3 Å². The molecule has 0 aliphatic carbocycles. The fourth-order valence-electron chi connectivity index (χ4n) is 2.51. The summed E-state index contributed by atoms with van der Waals surface area (Å²) < 4.78 is 38.6. The minimum Gasteiger partial charge on any atom is -0.317 e. The van der Waals surface area contributed by atoms with Gasteiger partial charge in [-0.3, -0.25) is 0 Å². The third-order valence-electron chi connectivity index (χ3n) is 3.74. The summed E-state index contributed by atoms with van der Waals surface area (Å²) in [5.41, 5.74) is 0.245. The smallest absolute Gasteiger partial charge is 0.175 e. The lowest BCUT2D eigenvalue weighted by atomic mass is 10.2. The SMILES string of the molecule is CS(=O)(=O)c1ccc(-n2cc(SC3CCNCC3)cn2)c(F)c1. The molecule has 3 rings (SSSR count). The Morgan fingerprint density at radius 3 is 2.74 bits per heavy atom. The molecule has 0 unspecified atom stereocenters. The van der Waals surface area contributed by atoms with Gasteiger partial charge in [-0.05, 0) is 44.1 Å². The van der Waals surface area contributed by atoms with Gasteiger partial charge < -0.3 is 5.32 Å². The maximum Gasteiger partial charge on any atom is 0.175 e. The fourth-order valence-corrected chi connectivity index (χ4v) is 4.27. The zero-order chi connectivity index (χ0) is 16.4. The van der Waals surface area contributed by atoms with Crippen molar-refractivity contribution >= 4 is 21.6 Å². The van der Waals surface area contributed by atoms with Crippen LogP contribution in [-0.2, 0) is 9.84 Å². The van der Waals surface area contributed by atoms with Crippen LogP contribution in [0.25, 0.3) is 5.69 Å². The molecular formula is C15H18FN3O2S2. The van der Waals surface area contributed by atoms with Crippen molar-refractivity contribution in [3.05, 3.63) is 36.4 Å². The molecule has 23 heavy (non-hydrogen) atoms. The van der Waals surface area contributed by atoms with Gasteiger partial charge in [0.2, 0.25) is 0 Å². The molecule has 1 N–H and O–H groups in total. The van der Waals surface area contributed by atoms with Crippen molar-refractivity contribution in [3.8, 4) is 5.69 Å². The van der Waals surface area contributed by atoms with E-state index in [1.165, 1.54) is 16.8 Å². The fraction of sp³-hybridized carbons (Fsp3) is 0.400. The molecule has 1 aromatic carbocycles. The summed E-state index contributed by atoms with van der Waals surface area (Å²) in [6.45, 7) is 2.04. The molecule has 8 heteroatoms. The van der Waals surface area contributed by atoms with Crippen LogP contribution in [0.3, 0.4) is 0 Å². The molecule has 1 aliphatic heterocycles. The van der Waals surface area contributed by atoms with Crippen LogP contribution in [0.5, 0.6) is 0 Å². The Morgan fingerprint density at radius 2 is 2.09 bits per heavy atom. The molecule has 0 atom stereocenters. The first kappa shape index (κ1) is 16.5. The molecule has 5 nitrogen and oxygen atoms in total. The third kappa shape index (κ3) is 3.94. The van der Waals surface area contributed by atoms with E-state index in [4.69, 9.17) is 0 Å². The Kier molecular flexibility index (Phi) is 4.74. The van der Waals surface area contributed by atoms with Gasteiger partial charge in [0.1, 0.15) is 11.5 Å². The summed E-state index contributed by atoms with van der Waals surface area (Å²) in [6.07, 6.45) is 6.77. The van der Waals surface area contributed by atoms with Gasteiger partial charge in [-0.25, -0.2) is 17.5 Å². The summed E-state index contributed by atoms with van der Waals surface area (Å²) in [4.78, 5) is 0.957. The Bertz CT molecular complexity index is 799. The molecule has 2 heterocycles. The predicted molar refractivity (Wildman–Crippen MR) is 88.4 cm³/mol. The molecule has 0 amide bonds. The van der Waals surface area contributed by atoms with Gasteiger partial charge in [0.15, 0.2) is 9.84 Å².